The second-order valence-electron chi connectivity index (χ2n) is 5.50. The van der Waals surface area contributed by atoms with Crippen LogP contribution >= 0.6 is 0 Å². The lowest BCUT2D eigenvalue weighted by atomic mass is 10.1. The second kappa shape index (κ2) is 8.17. The molecule has 1 unspecified atom stereocenters. The number of hydrogen-bond donors (Lipinski definition) is 1. The lowest BCUT2D eigenvalue weighted by Gasteiger charge is -2.23. The summed E-state index contributed by atoms with van der Waals surface area (Å²) in [6.07, 6.45) is 5.53. The Morgan fingerprint density at radius 3 is 2.81 bits per heavy atom. The maximum Gasteiger partial charge on any atom is 0.221 e. The minimum Gasteiger partial charge on any atom is -0.475 e. The summed E-state index contributed by atoms with van der Waals surface area (Å²) in [5, 5.41) is 3.35. The van der Waals surface area contributed by atoms with Gasteiger partial charge in [-0.1, -0.05) is 13.8 Å². The van der Waals surface area contributed by atoms with Gasteiger partial charge in [0, 0.05) is 19.6 Å². The van der Waals surface area contributed by atoms with Crippen LogP contribution in [0.3, 0.4) is 0 Å². The lowest BCUT2D eigenvalue weighted by Crippen LogP contribution is -2.26. The van der Waals surface area contributed by atoms with Gasteiger partial charge in [-0.25, -0.2) is 4.98 Å². The first-order chi connectivity index (χ1) is 10.2. The van der Waals surface area contributed by atoms with Crippen molar-refractivity contribution in [1.82, 2.24) is 9.97 Å². The van der Waals surface area contributed by atoms with Gasteiger partial charge in [-0.3, -0.25) is 0 Å². The number of rotatable bonds is 7. The van der Waals surface area contributed by atoms with Gasteiger partial charge >= 0.3 is 0 Å². The highest BCUT2D eigenvalue weighted by Crippen LogP contribution is 2.23. The smallest absolute Gasteiger partial charge is 0.221 e. The second-order valence-corrected chi connectivity index (χ2v) is 5.50. The van der Waals surface area contributed by atoms with Crippen LogP contribution in [0, 0.1) is 6.92 Å². The van der Waals surface area contributed by atoms with Gasteiger partial charge in [0.25, 0.3) is 0 Å². The Labute approximate surface area is 127 Å². The van der Waals surface area contributed by atoms with E-state index in [2.05, 4.69) is 29.1 Å². The first-order valence-electron chi connectivity index (χ1n) is 8.10. The molecular weight excluding hydrogens is 266 g/mol. The molecule has 5 heteroatoms. The first kappa shape index (κ1) is 16.0. The van der Waals surface area contributed by atoms with Crippen molar-refractivity contribution in [2.45, 2.75) is 59.0 Å². The van der Waals surface area contributed by atoms with Crippen molar-refractivity contribution >= 4 is 5.82 Å². The van der Waals surface area contributed by atoms with Crippen molar-refractivity contribution in [3.63, 3.8) is 0 Å². The highest BCUT2D eigenvalue weighted by atomic mass is 16.5. The van der Waals surface area contributed by atoms with Gasteiger partial charge < -0.3 is 14.8 Å². The van der Waals surface area contributed by atoms with Crippen LogP contribution in [0.1, 0.15) is 50.9 Å². The molecule has 1 aliphatic heterocycles. The van der Waals surface area contributed by atoms with Crippen LogP contribution in [0.2, 0.25) is 0 Å². The molecule has 0 aliphatic carbocycles. The summed E-state index contributed by atoms with van der Waals surface area (Å²) in [4.78, 5) is 9.07. The quantitative estimate of drug-likeness (QED) is 0.837. The molecule has 5 nitrogen and oxygen atoms in total. The van der Waals surface area contributed by atoms with Crippen LogP contribution in [-0.4, -0.2) is 35.8 Å². The molecule has 1 atom stereocenters. The highest BCUT2D eigenvalue weighted by molar-refractivity contribution is 5.48. The first-order valence-corrected chi connectivity index (χ1v) is 8.10. The van der Waals surface area contributed by atoms with Gasteiger partial charge in [0.05, 0.1) is 11.7 Å². The molecule has 0 radical (unpaired) electrons. The molecule has 118 valence electrons. The summed E-state index contributed by atoms with van der Waals surface area (Å²) < 4.78 is 11.6. The van der Waals surface area contributed by atoms with Gasteiger partial charge in [-0.15, -0.1) is 0 Å². The number of aromatic nitrogens is 2. The Kier molecular flexibility index (Phi) is 6.23. The van der Waals surface area contributed by atoms with Gasteiger partial charge in [-0.05, 0) is 32.6 Å². The van der Waals surface area contributed by atoms with E-state index in [4.69, 9.17) is 9.47 Å². The fourth-order valence-electron chi connectivity index (χ4n) is 2.37. The summed E-state index contributed by atoms with van der Waals surface area (Å²) in [6, 6.07) is 0. The fourth-order valence-corrected chi connectivity index (χ4v) is 2.37. The van der Waals surface area contributed by atoms with Crippen molar-refractivity contribution in [3.05, 3.63) is 11.4 Å². The van der Waals surface area contributed by atoms with E-state index in [1.54, 1.807) is 0 Å². The SMILES string of the molecule is CCCNc1nc(CC)nc(OCC2CCCCO2)c1C. The van der Waals surface area contributed by atoms with Crippen LogP contribution in [0.5, 0.6) is 5.88 Å². The molecule has 1 aromatic rings. The molecule has 1 aromatic heterocycles. The van der Waals surface area contributed by atoms with E-state index < -0.39 is 0 Å². The third-order valence-corrected chi connectivity index (χ3v) is 3.69. The van der Waals surface area contributed by atoms with Crippen molar-refractivity contribution < 1.29 is 9.47 Å². The van der Waals surface area contributed by atoms with Crippen LogP contribution in [0.25, 0.3) is 0 Å². The fraction of sp³-hybridized carbons (Fsp3) is 0.750. The molecule has 0 saturated carbocycles. The number of hydrogen-bond acceptors (Lipinski definition) is 5. The zero-order valence-electron chi connectivity index (χ0n) is 13.4. The average molecular weight is 293 g/mol. The van der Waals surface area contributed by atoms with Crippen molar-refractivity contribution in [1.29, 1.82) is 0 Å². The van der Waals surface area contributed by atoms with E-state index >= 15 is 0 Å². The molecule has 0 spiro atoms. The number of nitrogens with zero attached hydrogens (tertiary/aromatic N) is 2. The van der Waals surface area contributed by atoms with Crippen LogP contribution < -0.4 is 10.1 Å². The summed E-state index contributed by atoms with van der Waals surface area (Å²) in [6.45, 7) is 8.54. The van der Waals surface area contributed by atoms with Crippen molar-refractivity contribution in [2.75, 3.05) is 25.1 Å². The van der Waals surface area contributed by atoms with E-state index in [0.717, 1.165) is 56.0 Å². The standard InChI is InChI=1S/C16H27N3O2/c1-4-9-17-15-12(3)16(19-14(5-2)18-15)21-11-13-8-6-7-10-20-13/h13H,4-11H2,1-3H3,(H,17,18,19). The molecule has 1 fully saturated rings. The molecule has 1 saturated heterocycles. The van der Waals surface area contributed by atoms with E-state index in [-0.39, 0.29) is 6.10 Å². The minimum atomic E-state index is 0.199. The predicted octanol–water partition coefficient (Wildman–Crippen LogP) is 3.12. The zero-order chi connectivity index (χ0) is 15.1. The van der Waals surface area contributed by atoms with E-state index in [0.29, 0.717) is 12.5 Å². The van der Waals surface area contributed by atoms with E-state index in [1.165, 1.54) is 6.42 Å². The Hall–Kier alpha value is -1.36. The Morgan fingerprint density at radius 1 is 1.29 bits per heavy atom. The molecule has 1 aliphatic rings. The zero-order valence-corrected chi connectivity index (χ0v) is 13.4. The molecule has 0 bridgehead atoms. The van der Waals surface area contributed by atoms with E-state index in [9.17, 15) is 0 Å². The molecule has 2 heterocycles. The maximum atomic E-state index is 5.92. The molecule has 1 N–H and O–H groups in total. The normalized spacial score (nSPS) is 18.5. The lowest BCUT2D eigenvalue weighted by molar-refractivity contribution is -0.0121. The largest absolute Gasteiger partial charge is 0.475 e. The van der Waals surface area contributed by atoms with Crippen molar-refractivity contribution in [2.24, 2.45) is 0 Å². The summed E-state index contributed by atoms with van der Waals surface area (Å²) in [5.74, 6) is 2.40. The van der Waals surface area contributed by atoms with Gasteiger partial charge in [0.15, 0.2) is 0 Å². The maximum absolute atomic E-state index is 5.92. The highest BCUT2D eigenvalue weighted by Gasteiger charge is 2.17. The average Bonchev–Trinajstić information content (AvgIpc) is 2.53. The minimum absolute atomic E-state index is 0.199. The Bertz CT molecular complexity index is 445. The molecule has 2 rings (SSSR count). The van der Waals surface area contributed by atoms with Crippen LogP contribution in [-0.2, 0) is 11.2 Å². The van der Waals surface area contributed by atoms with Gasteiger partial charge in [0.2, 0.25) is 5.88 Å². The van der Waals surface area contributed by atoms with E-state index in [1.807, 2.05) is 6.92 Å². The summed E-state index contributed by atoms with van der Waals surface area (Å²) in [7, 11) is 0. The Balaban J connectivity index is 2.05. The predicted molar refractivity (Wildman–Crippen MR) is 84.0 cm³/mol. The van der Waals surface area contributed by atoms with Crippen molar-refractivity contribution in [3.8, 4) is 5.88 Å². The summed E-state index contributed by atoms with van der Waals surface area (Å²) >= 11 is 0. The number of aryl methyl sites for hydroxylation is 1. The monoisotopic (exact) mass is 293 g/mol. The molecule has 21 heavy (non-hydrogen) atoms. The van der Waals surface area contributed by atoms with Gasteiger partial charge in [-0.2, -0.15) is 4.98 Å². The Morgan fingerprint density at radius 2 is 2.14 bits per heavy atom. The summed E-state index contributed by atoms with van der Waals surface area (Å²) in [5.41, 5.74) is 0.983. The topological polar surface area (TPSA) is 56.3 Å². The number of ether oxygens (including phenoxy) is 2. The third-order valence-electron chi connectivity index (χ3n) is 3.69. The van der Waals surface area contributed by atoms with Gasteiger partial charge in [0.1, 0.15) is 18.2 Å². The number of nitrogens with one attached hydrogen (secondary N) is 1. The molecule has 0 aromatic carbocycles. The van der Waals surface area contributed by atoms with Crippen LogP contribution in [0.15, 0.2) is 0 Å². The molecule has 0 amide bonds. The van der Waals surface area contributed by atoms with Crippen LogP contribution in [0.4, 0.5) is 5.82 Å². The molecular formula is C16H27N3O2. The number of anilines is 1. The third kappa shape index (κ3) is 4.56.